The standard InChI is InChI=1S/C18H20Si.C6H10.Ti/c1-13-12-17-15(14-8-5-4-6-9-14)10-7-11-16(17)18(13)19(2)3;1-3-5-6-4-2;/h4-12,18-19H,1-3H3;3-6H,1-2H3;/b;5-3+,6-4+;. The van der Waals surface area contributed by atoms with Crippen molar-refractivity contribution in [2.75, 3.05) is 0 Å². The molecule has 0 amide bonds. The number of hydrogen-bond donors (Lipinski definition) is 0. The van der Waals surface area contributed by atoms with Crippen molar-refractivity contribution in [2.45, 2.75) is 39.4 Å². The van der Waals surface area contributed by atoms with Crippen molar-refractivity contribution < 1.29 is 21.7 Å². The molecule has 0 heterocycles. The summed E-state index contributed by atoms with van der Waals surface area (Å²) in [6.45, 7) is 11.2. The van der Waals surface area contributed by atoms with Gasteiger partial charge in [0, 0.05) is 30.5 Å². The van der Waals surface area contributed by atoms with Crippen molar-refractivity contribution in [3.63, 3.8) is 0 Å². The Bertz CT molecular complexity index is 760. The number of rotatable bonds is 3. The zero-order chi connectivity index (χ0) is 18.2. The summed E-state index contributed by atoms with van der Waals surface area (Å²) in [7, 11) is -0.701. The summed E-state index contributed by atoms with van der Waals surface area (Å²) in [6, 6.07) is 17.5. The van der Waals surface area contributed by atoms with Crippen molar-refractivity contribution in [1.82, 2.24) is 0 Å². The third-order valence-corrected chi connectivity index (χ3v) is 6.80. The van der Waals surface area contributed by atoms with Gasteiger partial charge in [0.05, 0.1) is 0 Å². The largest absolute Gasteiger partial charge is 0.0877 e. The smallest absolute Gasteiger partial charge is 0.0439 e. The van der Waals surface area contributed by atoms with E-state index in [-0.39, 0.29) is 21.7 Å². The van der Waals surface area contributed by atoms with Gasteiger partial charge in [0.15, 0.2) is 0 Å². The summed E-state index contributed by atoms with van der Waals surface area (Å²) >= 11 is 0. The third-order valence-electron chi connectivity index (χ3n) is 4.58. The second-order valence-electron chi connectivity index (χ2n) is 6.84. The van der Waals surface area contributed by atoms with Crippen LogP contribution < -0.4 is 0 Å². The van der Waals surface area contributed by atoms with Crippen LogP contribution in [0.25, 0.3) is 17.2 Å². The van der Waals surface area contributed by atoms with E-state index in [9.17, 15) is 0 Å². The summed E-state index contributed by atoms with van der Waals surface area (Å²) in [5.41, 5.74) is 8.00. The molecular weight excluding hydrogens is 364 g/mol. The topological polar surface area (TPSA) is 0 Å². The van der Waals surface area contributed by atoms with E-state index >= 15 is 0 Å². The number of fused-ring (bicyclic) bond motifs is 1. The molecule has 1 atom stereocenters. The van der Waals surface area contributed by atoms with Gasteiger partial charge in [0.2, 0.25) is 0 Å². The molecular formula is C24H30SiTi. The minimum atomic E-state index is -0.701. The zero-order valence-electron chi connectivity index (χ0n) is 16.7. The molecule has 134 valence electrons. The Morgan fingerprint density at radius 3 is 2.00 bits per heavy atom. The second-order valence-corrected chi connectivity index (χ2v) is 9.99. The summed E-state index contributed by atoms with van der Waals surface area (Å²) in [4.78, 5) is 0. The molecule has 0 bridgehead atoms. The molecule has 2 aromatic carbocycles. The predicted octanol–water partition coefficient (Wildman–Crippen LogP) is 7.02. The maximum atomic E-state index is 2.45. The van der Waals surface area contributed by atoms with Gasteiger partial charge in [-0.05, 0) is 48.6 Å². The molecule has 0 nitrogen and oxygen atoms in total. The molecule has 0 aliphatic heterocycles. The van der Waals surface area contributed by atoms with Crippen LogP contribution in [0, 0.1) is 0 Å². The first kappa shape index (κ1) is 22.6. The summed E-state index contributed by atoms with van der Waals surface area (Å²) < 4.78 is 0. The third kappa shape index (κ3) is 5.54. The fourth-order valence-corrected chi connectivity index (χ4v) is 5.71. The molecule has 0 N–H and O–H groups in total. The fourth-order valence-electron chi connectivity index (χ4n) is 3.55. The SMILES string of the molecule is C/C=C/C=C/C.CC1=Cc2c(-c3ccccc3)cccc2C1[SiH](C)C.[Ti]. The van der Waals surface area contributed by atoms with Gasteiger partial charge in [-0.25, -0.2) is 0 Å². The van der Waals surface area contributed by atoms with Crippen LogP contribution in [0.3, 0.4) is 0 Å². The van der Waals surface area contributed by atoms with E-state index in [4.69, 9.17) is 0 Å². The molecule has 2 aromatic rings. The van der Waals surface area contributed by atoms with Crippen molar-refractivity contribution >= 4 is 14.9 Å². The van der Waals surface area contributed by atoms with Crippen LogP contribution in [0.4, 0.5) is 0 Å². The van der Waals surface area contributed by atoms with Crippen molar-refractivity contribution in [3.8, 4) is 11.1 Å². The van der Waals surface area contributed by atoms with Gasteiger partial charge < -0.3 is 0 Å². The minimum absolute atomic E-state index is 0. The molecule has 0 aromatic heterocycles. The van der Waals surface area contributed by atoms with Crippen LogP contribution in [0.1, 0.15) is 37.4 Å². The van der Waals surface area contributed by atoms with Crippen molar-refractivity contribution in [1.29, 1.82) is 0 Å². The Morgan fingerprint density at radius 2 is 1.46 bits per heavy atom. The van der Waals surface area contributed by atoms with E-state index in [2.05, 4.69) is 74.6 Å². The molecule has 0 fully saturated rings. The van der Waals surface area contributed by atoms with E-state index in [1.807, 2.05) is 38.2 Å². The number of allylic oxidation sites excluding steroid dienone is 5. The number of benzene rings is 2. The van der Waals surface area contributed by atoms with Gasteiger partial charge in [-0.3, -0.25) is 0 Å². The summed E-state index contributed by atoms with van der Waals surface area (Å²) in [5.74, 6) is 0. The average Bonchev–Trinajstić information content (AvgIpc) is 2.97. The van der Waals surface area contributed by atoms with Gasteiger partial charge >= 0.3 is 0 Å². The van der Waals surface area contributed by atoms with Gasteiger partial charge in [-0.15, -0.1) is 0 Å². The van der Waals surface area contributed by atoms with Crippen LogP contribution in [-0.2, 0) is 21.7 Å². The summed E-state index contributed by atoms with van der Waals surface area (Å²) in [6.07, 6.45) is 10.4. The first-order valence-electron chi connectivity index (χ1n) is 9.20. The van der Waals surface area contributed by atoms with Gasteiger partial charge in [0.1, 0.15) is 0 Å². The Morgan fingerprint density at radius 1 is 0.846 bits per heavy atom. The molecule has 0 saturated carbocycles. The maximum Gasteiger partial charge on any atom is 0.0439 e. The quantitative estimate of drug-likeness (QED) is 0.388. The van der Waals surface area contributed by atoms with E-state index < -0.39 is 8.80 Å². The first-order valence-corrected chi connectivity index (χ1v) is 12.2. The van der Waals surface area contributed by atoms with Gasteiger partial charge in [-0.2, -0.15) is 0 Å². The molecule has 1 unspecified atom stereocenters. The molecule has 0 spiro atoms. The Balaban J connectivity index is 0.000000422. The molecule has 0 radical (unpaired) electrons. The van der Waals surface area contributed by atoms with E-state index in [0.29, 0.717) is 0 Å². The molecule has 0 saturated heterocycles. The van der Waals surface area contributed by atoms with Crippen LogP contribution in [-0.4, -0.2) is 8.80 Å². The van der Waals surface area contributed by atoms with Crippen LogP contribution in [0.2, 0.25) is 13.1 Å². The summed E-state index contributed by atoms with van der Waals surface area (Å²) in [5, 5.41) is 0. The van der Waals surface area contributed by atoms with E-state index in [1.165, 1.54) is 16.7 Å². The molecule has 3 rings (SSSR count). The van der Waals surface area contributed by atoms with Crippen LogP contribution >= 0.6 is 0 Å². The maximum absolute atomic E-state index is 2.45. The average molecular weight is 394 g/mol. The van der Waals surface area contributed by atoms with Crippen molar-refractivity contribution in [2.24, 2.45) is 0 Å². The van der Waals surface area contributed by atoms with E-state index in [0.717, 1.165) is 5.54 Å². The minimum Gasteiger partial charge on any atom is -0.0877 e. The predicted molar refractivity (Wildman–Crippen MR) is 117 cm³/mol. The van der Waals surface area contributed by atoms with Crippen LogP contribution in [0.5, 0.6) is 0 Å². The zero-order valence-corrected chi connectivity index (χ0v) is 19.4. The monoisotopic (exact) mass is 394 g/mol. The molecule has 26 heavy (non-hydrogen) atoms. The van der Waals surface area contributed by atoms with Gasteiger partial charge in [0.25, 0.3) is 0 Å². The Kier molecular flexibility index (Phi) is 9.87. The Hall–Kier alpha value is -1.41. The first-order chi connectivity index (χ1) is 12.1. The Labute approximate surface area is 176 Å². The molecule has 2 heteroatoms. The van der Waals surface area contributed by atoms with Gasteiger partial charge in [-0.1, -0.05) is 97.6 Å². The molecule has 1 aliphatic rings. The van der Waals surface area contributed by atoms with Crippen molar-refractivity contribution in [3.05, 3.63) is 89.5 Å². The number of hydrogen-bond acceptors (Lipinski definition) is 0. The normalized spacial score (nSPS) is 15.5. The molecule has 1 aliphatic carbocycles. The van der Waals surface area contributed by atoms with E-state index in [1.54, 1.807) is 11.1 Å². The van der Waals surface area contributed by atoms with Crippen LogP contribution in [0.15, 0.2) is 78.4 Å². The second kappa shape index (κ2) is 11.3. The fraction of sp³-hybridized carbons (Fsp3) is 0.250.